The third-order valence-electron chi connectivity index (χ3n) is 3.41. The van der Waals surface area contributed by atoms with Crippen LogP contribution in [0.1, 0.15) is 23.5 Å². The summed E-state index contributed by atoms with van der Waals surface area (Å²) in [4.78, 5) is 12.5. The zero-order chi connectivity index (χ0) is 14.9. The van der Waals surface area contributed by atoms with Crippen molar-refractivity contribution < 1.29 is 14.3 Å². The van der Waals surface area contributed by atoms with Gasteiger partial charge >= 0.3 is 0 Å². The molecule has 6 heteroatoms. The Bertz CT molecular complexity index is 641. The van der Waals surface area contributed by atoms with Gasteiger partial charge in [0.2, 0.25) is 0 Å². The number of aliphatic hydroxyl groups excluding tert-OH is 1. The predicted molar refractivity (Wildman–Crippen MR) is 79.4 cm³/mol. The van der Waals surface area contributed by atoms with Crippen molar-refractivity contribution in [2.45, 2.75) is 19.9 Å². The molecule has 1 aromatic carbocycles. The van der Waals surface area contributed by atoms with E-state index in [1.165, 1.54) is 17.4 Å². The second kappa shape index (κ2) is 5.76. The highest BCUT2D eigenvalue weighted by Gasteiger charge is 2.21. The van der Waals surface area contributed by atoms with Crippen molar-refractivity contribution in [2.24, 2.45) is 5.92 Å². The zero-order valence-electron chi connectivity index (χ0n) is 11.3. The lowest BCUT2D eigenvalue weighted by Gasteiger charge is -2.18. The summed E-state index contributed by atoms with van der Waals surface area (Å²) >= 11 is 1.17. The second-order valence-electron chi connectivity index (χ2n) is 4.88. The van der Waals surface area contributed by atoms with Gasteiger partial charge in [0.25, 0.3) is 5.91 Å². The van der Waals surface area contributed by atoms with E-state index in [2.05, 4.69) is 5.32 Å². The van der Waals surface area contributed by atoms with E-state index in [1.54, 1.807) is 12.1 Å². The van der Waals surface area contributed by atoms with Gasteiger partial charge in [-0.3, -0.25) is 4.79 Å². The Morgan fingerprint density at radius 3 is 2.80 bits per heavy atom. The van der Waals surface area contributed by atoms with Crippen LogP contribution in [0, 0.1) is 11.7 Å². The average molecular weight is 296 g/mol. The van der Waals surface area contributed by atoms with E-state index in [4.69, 9.17) is 10.8 Å². The number of hydrogen-bond donors (Lipinski definition) is 3. The van der Waals surface area contributed by atoms with Gasteiger partial charge in [-0.15, -0.1) is 11.3 Å². The number of carbonyl (C=O) groups is 1. The summed E-state index contributed by atoms with van der Waals surface area (Å²) in [6.07, 6.45) is 0. The van der Waals surface area contributed by atoms with Gasteiger partial charge in [-0.2, -0.15) is 0 Å². The van der Waals surface area contributed by atoms with Gasteiger partial charge in [0.05, 0.1) is 11.1 Å². The van der Waals surface area contributed by atoms with Gasteiger partial charge in [0, 0.05) is 17.3 Å². The van der Waals surface area contributed by atoms with Crippen molar-refractivity contribution in [1.29, 1.82) is 0 Å². The third-order valence-corrected chi connectivity index (χ3v) is 4.58. The van der Waals surface area contributed by atoms with Crippen LogP contribution < -0.4 is 11.1 Å². The topological polar surface area (TPSA) is 75.3 Å². The molecule has 108 valence electrons. The number of hydrogen-bond acceptors (Lipinski definition) is 4. The Morgan fingerprint density at radius 2 is 2.20 bits per heavy atom. The number of rotatable bonds is 4. The summed E-state index contributed by atoms with van der Waals surface area (Å²) in [7, 11) is 0. The molecule has 0 aliphatic rings. The van der Waals surface area contributed by atoms with Crippen molar-refractivity contribution in [2.75, 3.05) is 12.3 Å². The minimum absolute atomic E-state index is 0.0159. The second-order valence-corrected chi connectivity index (χ2v) is 5.93. The van der Waals surface area contributed by atoms with Crippen molar-refractivity contribution in [3.05, 3.63) is 28.9 Å². The lowest BCUT2D eigenvalue weighted by Crippen LogP contribution is -2.38. The van der Waals surface area contributed by atoms with Gasteiger partial charge in [-0.25, -0.2) is 4.39 Å². The van der Waals surface area contributed by atoms with Crippen molar-refractivity contribution >= 4 is 33.0 Å². The van der Waals surface area contributed by atoms with Crippen LogP contribution in [0.5, 0.6) is 0 Å². The van der Waals surface area contributed by atoms with Crippen LogP contribution >= 0.6 is 11.3 Å². The van der Waals surface area contributed by atoms with Gasteiger partial charge in [0.1, 0.15) is 10.7 Å². The van der Waals surface area contributed by atoms with Crippen LogP contribution in [-0.4, -0.2) is 23.7 Å². The maximum absolute atomic E-state index is 13.7. The molecule has 2 unspecified atom stereocenters. The Hall–Kier alpha value is -1.66. The standard InChI is InChI=1S/C14H17FN2O2S/c1-7(6-18)8(2)17-14(19)13-12(16)11-9(15)4-3-5-10(11)20-13/h3-5,7-8,18H,6,16H2,1-2H3,(H,17,19). The predicted octanol–water partition coefficient (Wildman–Crippen LogP) is 2.37. The molecule has 0 fully saturated rings. The number of thiophene rings is 1. The van der Waals surface area contributed by atoms with E-state index in [0.717, 1.165) is 0 Å². The Kier molecular flexibility index (Phi) is 4.25. The van der Waals surface area contributed by atoms with E-state index < -0.39 is 5.82 Å². The van der Waals surface area contributed by atoms with Crippen LogP contribution in [0.4, 0.5) is 10.1 Å². The molecule has 1 heterocycles. The number of aliphatic hydroxyl groups is 1. The summed E-state index contributed by atoms with van der Waals surface area (Å²) in [5.74, 6) is -0.825. The summed E-state index contributed by atoms with van der Waals surface area (Å²) in [6, 6.07) is 4.45. The van der Waals surface area contributed by atoms with E-state index in [1.807, 2.05) is 13.8 Å². The van der Waals surface area contributed by atoms with E-state index in [9.17, 15) is 9.18 Å². The van der Waals surface area contributed by atoms with Gasteiger partial charge < -0.3 is 16.2 Å². The van der Waals surface area contributed by atoms with Crippen molar-refractivity contribution in [3.63, 3.8) is 0 Å². The monoisotopic (exact) mass is 296 g/mol. The Labute approximate surface area is 120 Å². The quantitative estimate of drug-likeness (QED) is 0.811. The van der Waals surface area contributed by atoms with Crippen LogP contribution in [0.15, 0.2) is 18.2 Å². The van der Waals surface area contributed by atoms with E-state index in [0.29, 0.717) is 15.0 Å². The number of benzene rings is 1. The molecule has 20 heavy (non-hydrogen) atoms. The third kappa shape index (κ3) is 2.62. The molecule has 0 spiro atoms. The molecule has 0 bridgehead atoms. The van der Waals surface area contributed by atoms with Gasteiger partial charge in [-0.1, -0.05) is 13.0 Å². The van der Waals surface area contributed by atoms with Crippen LogP contribution in [0.2, 0.25) is 0 Å². The van der Waals surface area contributed by atoms with Crippen LogP contribution in [0.25, 0.3) is 10.1 Å². The molecule has 0 aliphatic heterocycles. The molecule has 0 aliphatic carbocycles. The minimum atomic E-state index is -0.424. The highest BCUT2D eigenvalue weighted by molar-refractivity contribution is 7.21. The largest absolute Gasteiger partial charge is 0.397 e. The Morgan fingerprint density at radius 1 is 1.50 bits per heavy atom. The molecular weight excluding hydrogens is 279 g/mol. The maximum Gasteiger partial charge on any atom is 0.263 e. The molecule has 2 aromatic rings. The molecular formula is C14H17FN2O2S. The number of anilines is 1. The fraction of sp³-hybridized carbons (Fsp3) is 0.357. The lowest BCUT2D eigenvalue weighted by atomic mass is 10.1. The molecule has 1 amide bonds. The fourth-order valence-electron chi connectivity index (χ4n) is 1.87. The summed E-state index contributed by atoms with van der Waals surface area (Å²) < 4.78 is 14.4. The van der Waals surface area contributed by atoms with E-state index >= 15 is 0 Å². The van der Waals surface area contributed by atoms with Gasteiger partial charge in [-0.05, 0) is 25.0 Å². The molecule has 0 radical (unpaired) electrons. The maximum atomic E-state index is 13.7. The molecule has 2 atom stereocenters. The van der Waals surface area contributed by atoms with Crippen molar-refractivity contribution in [1.82, 2.24) is 5.32 Å². The summed E-state index contributed by atoms with van der Waals surface area (Å²) in [6.45, 7) is 3.62. The first-order valence-electron chi connectivity index (χ1n) is 6.34. The summed E-state index contributed by atoms with van der Waals surface area (Å²) in [5.41, 5.74) is 6.06. The van der Waals surface area contributed by atoms with Crippen LogP contribution in [0.3, 0.4) is 0 Å². The first-order chi connectivity index (χ1) is 9.45. The molecule has 1 aromatic heterocycles. The average Bonchev–Trinajstić information content (AvgIpc) is 2.76. The smallest absolute Gasteiger partial charge is 0.263 e. The van der Waals surface area contributed by atoms with Gasteiger partial charge in [0.15, 0.2) is 0 Å². The first kappa shape index (κ1) is 14.7. The number of nitrogens with one attached hydrogen (secondary N) is 1. The highest BCUT2D eigenvalue weighted by atomic mass is 32.1. The fourth-order valence-corrected chi connectivity index (χ4v) is 2.91. The van der Waals surface area contributed by atoms with Crippen molar-refractivity contribution in [3.8, 4) is 0 Å². The minimum Gasteiger partial charge on any atom is -0.397 e. The zero-order valence-corrected chi connectivity index (χ0v) is 12.1. The number of nitrogens with two attached hydrogens (primary N) is 1. The summed E-state index contributed by atoms with van der Waals surface area (Å²) in [5, 5.41) is 12.1. The molecule has 2 rings (SSSR count). The molecule has 4 N–H and O–H groups in total. The van der Waals surface area contributed by atoms with E-state index in [-0.39, 0.29) is 30.2 Å². The highest BCUT2D eigenvalue weighted by Crippen LogP contribution is 2.35. The number of fused-ring (bicyclic) bond motifs is 1. The molecule has 0 saturated carbocycles. The number of amides is 1. The molecule has 0 saturated heterocycles. The number of halogens is 1. The van der Waals surface area contributed by atoms with Crippen LogP contribution in [-0.2, 0) is 0 Å². The number of carbonyl (C=O) groups excluding carboxylic acids is 1. The SMILES string of the molecule is CC(CO)C(C)NC(=O)c1sc2cccc(F)c2c1N. The lowest BCUT2D eigenvalue weighted by molar-refractivity contribution is 0.0921. The molecule has 4 nitrogen and oxygen atoms in total. The first-order valence-corrected chi connectivity index (χ1v) is 7.15. The number of nitrogen functional groups attached to an aromatic ring is 1. The normalized spacial score (nSPS) is 14.2. The Balaban J connectivity index is 2.32.